The lowest BCUT2D eigenvalue weighted by Crippen LogP contribution is -2.41. The van der Waals surface area contributed by atoms with Crippen LogP contribution >= 0.6 is 0 Å². The van der Waals surface area contributed by atoms with Crippen LogP contribution in [0.1, 0.15) is 52.7 Å². The first kappa shape index (κ1) is 27.7. The Morgan fingerprint density at radius 1 is 0.488 bits per heavy atom. The number of hydrogen-bond acceptors (Lipinski definition) is 3. The molecule has 0 amide bonds. The largest absolute Gasteiger partial charge is 0.494 e. The number of rotatable bonds is 4. The fourth-order valence-electron chi connectivity index (χ4n) is 6.40. The second kappa shape index (κ2) is 9.97. The predicted octanol–water partition coefficient (Wildman–Crippen LogP) is 9.43. The molecule has 43 heavy (non-hydrogen) atoms. The quantitative estimate of drug-likeness (QED) is 0.203. The zero-order valence-corrected chi connectivity index (χ0v) is 25.9. The molecule has 0 N–H and O–H groups in total. The van der Waals surface area contributed by atoms with E-state index in [1.807, 2.05) is 0 Å². The highest BCUT2D eigenvalue weighted by Crippen LogP contribution is 2.52. The van der Waals surface area contributed by atoms with Crippen LogP contribution in [-0.4, -0.2) is 18.3 Å². The van der Waals surface area contributed by atoms with E-state index in [2.05, 4.69) is 168 Å². The molecule has 0 radical (unpaired) electrons. The molecule has 2 heterocycles. The smallest absolute Gasteiger partial charge is 0.399 e. The summed E-state index contributed by atoms with van der Waals surface area (Å²) in [6, 6.07) is 43.8. The Labute approximate surface area is 256 Å². The molecule has 0 unspecified atom stereocenters. The molecule has 0 saturated carbocycles. The van der Waals surface area contributed by atoms with Gasteiger partial charge >= 0.3 is 7.12 Å². The van der Waals surface area contributed by atoms with Crippen LogP contribution in [0.4, 0.5) is 17.1 Å². The molecule has 1 fully saturated rings. The Morgan fingerprint density at radius 3 is 1.53 bits per heavy atom. The van der Waals surface area contributed by atoms with Gasteiger partial charge in [0.1, 0.15) is 0 Å². The molecule has 214 valence electrons. The number of nitrogens with zero attached hydrogens (tertiary/aromatic N) is 1. The van der Waals surface area contributed by atoms with Crippen LogP contribution in [0.25, 0.3) is 22.3 Å². The third-order valence-corrected chi connectivity index (χ3v) is 9.71. The Hall–Kier alpha value is -4.12. The van der Waals surface area contributed by atoms with Crippen LogP contribution in [0.3, 0.4) is 0 Å². The lowest BCUT2D eigenvalue weighted by Gasteiger charge is -2.42. The van der Waals surface area contributed by atoms with E-state index < -0.39 is 18.3 Å². The van der Waals surface area contributed by atoms with Gasteiger partial charge in [0.2, 0.25) is 0 Å². The standard InChI is InChI=1S/C39H38BNO2/c1-37(2)33-25-30(28-15-11-8-12-16-28)19-23-35(33)41(32-21-17-29(18-22-32)27-13-9-7-10-14-27)36-24-20-31(26-34(36)37)40-42-38(3,4)39(5,6)43-40/h7-26H,1-6H3. The lowest BCUT2D eigenvalue weighted by atomic mass is 9.69. The van der Waals surface area contributed by atoms with Crippen LogP contribution in [0.2, 0.25) is 0 Å². The van der Waals surface area contributed by atoms with E-state index in [-0.39, 0.29) is 5.41 Å². The topological polar surface area (TPSA) is 21.7 Å². The molecule has 7 rings (SSSR count). The van der Waals surface area contributed by atoms with Gasteiger partial charge in [0.15, 0.2) is 0 Å². The fourth-order valence-corrected chi connectivity index (χ4v) is 6.40. The molecular formula is C39H38BNO2. The van der Waals surface area contributed by atoms with Crippen molar-refractivity contribution in [2.45, 2.75) is 58.2 Å². The van der Waals surface area contributed by atoms with Crippen molar-refractivity contribution in [3.8, 4) is 22.3 Å². The molecule has 1 saturated heterocycles. The van der Waals surface area contributed by atoms with E-state index in [1.54, 1.807) is 0 Å². The van der Waals surface area contributed by atoms with Gasteiger partial charge in [0, 0.05) is 11.1 Å². The van der Waals surface area contributed by atoms with Crippen molar-refractivity contribution >= 4 is 29.6 Å². The number of fused-ring (bicyclic) bond motifs is 2. The van der Waals surface area contributed by atoms with Crippen molar-refractivity contribution in [2.24, 2.45) is 0 Å². The van der Waals surface area contributed by atoms with E-state index >= 15 is 0 Å². The van der Waals surface area contributed by atoms with E-state index in [0.717, 1.165) is 11.2 Å². The highest BCUT2D eigenvalue weighted by molar-refractivity contribution is 6.62. The zero-order valence-electron chi connectivity index (χ0n) is 25.9. The molecule has 4 heteroatoms. The number of hydrogen-bond donors (Lipinski definition) is 0. The molecule has 0 bridgehead atoms. The van der Waals surface area contributed by atoms with Crippen LogP contribution in [0.15, 0.2) is 121 Å². The predicted molar refractivity (Wildman–Crippen MR) is 180 cm³/mol. The summed E-state index contributed by atoms with van der Waals surface area (Å²) < 4.78 is 13.0. The summed E-state index contributed by atoms with van der Waals surface area (Å²) in [4.78, 5) is 2.41. The van der Waals surface area contributed by atoms with Crippen molar-refractivity contribution in [2.75, 3.05) is 4.90 Å². The van der Waals surface area contributed by atoms with Gasteiger partial charge in [-0.2, -0.15) is 0 Å². The minimum Gasteiger partial charge on any atom is -0.399 e. The SMILES string of the molecule is CC1(C)c2cc(B3OC(C)(C)C(C)(C)O3)ccc2N(c2ccc(-c3ccccc3)cc2)c2ccc(-c3ccccc3)cc21. The van der Waals surface area contributed by atoms with Crippen molar-refractivity contribution in [1.29, 1.82) is 0 Å². The Bertz CT molecular complexity index is 1780. The molecule has 5 aromatic carbocycles. The summed E-state index contributed by atoms with van der Waals surface area (Å²) in [6.07, 6.45) is 0. The highest BCUT2D eigenvalue weighted by atomic mass is 16.7. The summed E-state index contributed by atoms with van der Waals surface area (Å²) in [5, 5.41) is 0. The molecule has 5 aromatic rings. The Balaban J connectivity index is 1.38. The average molecular weight is 564 g/mol. The normalized spacial score (nSPS) is 17.8. The molecule has 0 aliphatic carbocycles. The monoisotopic (exact) mass is 563 g/mol. The minimum atomic E-state index is -0.415. The second-order valence-corrected chi connectivity index (χ2v) is 13.3. The molecule has 3 nitrogen and oxygen atoms in total. The van der Waals surface area contributed by atoms with E-state index in [4.69, 9.17) is 9.31 Å². The van der Waals surface area contributed by atoms with E-state index in [0.29, 0.717) is 0 Å². The van der Waals surface area contributed by atoms with E-state index in [1.165, 1.54) is 44.8 Å². The van der Waals surface area contributed by atoms with Crippen LogP contribution in [0.5, 0.6) is 0 Å². The average Bonchev–Trinajstić information content (AvgIpc) is 3.24. The molecule has 0 spiro atoms. The molecule has 0 atom stereocenters. The van der Waals surface area contributed by atoms with Crippen LogP contribution in [-0.2, 0) is 14.7 Å². The third-order valence-electron chi connectivity index (χ3n) is 9.71. The van der Waals surface area contributed by atoms with Crippen molar-refractivity contribution < 1.29 is 9.31 Å². The summed E-state index contributed by atoms with van der Waals surface area (Å²) in [7, 11) is -0.415. The van der Waals surface area contributed by atoms with Gasteiger partial charge in [-0.3, -0.25) is 0 Å². The summed E-state index contributed by atoms with van der Waals surface area (Å²) in [6.45, 7) is 13.1. The minimum absolute atomic E-state index is 0.254. The first-order chi connectivity index (χ1) is 20.5. The second-order valence-electron chi connectivity index (χ2n) is 13.3. The van der Waals surface area contributed by atoms with Gasteiger partial charge in [-0.1, -0.05) is 105 Å². The van der Waals surface area contributed by atoms with Gasteiger partial charge < -0.3 is 14.2 Å². The molecule has 2 aliphatic rings. The van der Waals surface area contributed by atoms with Gasteiger partial charge in [-0.15, -0.1) is 0 Å². The molecule has 0 aromatic heterocycles. The van der Waals surface area contributed by atoms with Crippen LogP contribution in [0, 0.1) is 0 Å². The fraction of sp³-hybridized carbons (Fsp3) is 0.231. The van der Waals surface area contributed by atoms with Crippen molar-refractivity contribution in [3.05, 3.63) is 132 Å². The molecular weight excluding hydrogens is 525 g/mol. The van der Waals surface area contributed by atoms with Crippen LogP contribution < -0.4 is 10.4 Å². The Morgan fingerprint density at radius 2 is 0.953 bits per heavy atom. The van der Waals surface area contributed by atoms with E-state index in [9.17, 15) is 0 Å². The van der Waals surface area contributed by atoms with Crippen molar-refractivity contribution in [1.82, 2.24) is 0 Å². The Kier molecular flexibility index (Phi) is 6.43. The number of benzene rings is 5. The van der Waals surface area contributed by atoms with Gasteiger partial charge in [-0.25, -0.2) is 0 Å². The maximum Gasteiger partial charge on any atom is 0.494 e. The zero-order chi connectivity index (χ0) is 30.0. The molecule has 2 aliphatic heterocycles. The maximum atomic E-state index is 6.49. The summed E-state index contributed by atoms with van der Waals surface area (Å²) in [5.41, 5.74) is 10.9. The van der Waals surface area contributed by atoms with Gasteiger partial charge in [0.25, 0.3) is 0 Å². The van der Waals surface area contributed by atoms with Crippen molar-refractivity contribution in [3.63, 3.8) is 0 Å². The third kappa shape index (κ3) is 4.61. The first-order valence-electron chi connectivity index (χ1n) is 15.2. The van der Waals surface area contributed by atoms with Gasteiger partial charge in [0.05, 0.1) is 22.6 Å². The maximum absolute atomic E-state index is 6.49. The summed E-state index contributed by atoms with van der Waals surface area (Å²) in [5.74, 6) is 0. The number of anilines is 3. The first-order valence-corrected chi connectivity index (χ1v) is 15.2. The highest BCUT2D eigenvalue weighted by Gasteiger charge is 2.52. The lowest BCUT2D eigenvalue weighted by molar-refractivity contribution is 0.00578. The summed E-state index contributed by atoms with van der Waals surface area (Å²) >= 11 is 0. The van der Waals surface area contributed by atoms with Gasteiger partial charge in [-0.05, 0) is 96.9 Å².